The molecule has 3 rings (SSSR count). The van der Waals surface area contributed by atoms with Crippen LogP contribution in [0.1, 0.15) is 78.7 Å². The molecule has 0 unspecified atom stereocenters. The van der Waals surface area contributed by atoms with Gasteiger partial charge in [-0.1, -0.05) is 37.8 Å². The van der Waals surface area contributed by atoms with Crippen molar-refractivity contribution in [2.45, 2.75) is 78.8 Å². The van der Waals surface area contributed by atoms with E-state index in [9.17, 15) is 9.59 Å². The van der Waals surface area contributed by atoms with Gasteiger partial charge < -0.3 is 15.2 Å². The number of hydrogen-bond donors (Lipinski definition) is 2. The average molecular weight is 444 g/mol. The Morgan fingerprint density at radius 2 is 1.87 bits per heavy atom. The van der Waals surface area contributed by atoms with Gasteiger partial charge in [0.05, 0.1) is 0 Å². The summed E-state index contributed by atoms with van der Waals surface area (Å²) in [4.78, 5) is 30.8. The molecular formula is C25H34ClN3O2. The molecule has 0 radical (unpaired) electrons. The lowest BCUT2D eigenvalue weighted by molar-refractivity contribution is 0.0950. The highest BCUT2D eigenvalue weighted by Crippen LogP contribution is 2.33. The third-order valence-corrected chi connectivity index (χ3v) is 6.64. The van der Waals surface area contributed by atoms with Crippen molar-refractivity contribution in [2.24, 2.45) is 0 Å². The fourth-order valence-electron chi connectivity index (χ4n) is 4.77. The predicted octanol–water partition coefficient (Wildman–Crippen LogP) is 5.30. The van der Waals surface area contributed by atoms with Crippen LogP contribution in [0.2, 0.25) is 5.02 Å². The maximum Gasteiger partial charge on any atom is 0.253 e. The molecule has 31 heavy (non-hydrogen) atoms. The zero-order valence-corrected chi connectivity index (χ0v) is 19.9. The quantitative estimate of drug-likeness (QED) is 0.610. The van der Waals surface area contributed by atoms with Gasteiger partial charge in [-0.2, -0.15) is 0 Å². The van der Waals surface area contributed by atoms with Crippen molar-refractivity contribution in [1.29, 1.82) is 0 Å². The molecule has 5 nitrogen and oxygen atoms in total. The topological polar surface area (TPSA) is 65.2 Å². The smallest absolute Gasteiger partial charge is 0.253 e. The summed E-state index contributed by atoms with van der Waals surface area (Å²) in [6, 6.07) is 6.16. The molecule has 2 aromatic rings. The van der Waals surface area contributed by atoms with E-state index in [1.54, 1.807) is 6.07 Å². The number of pyridine rings is 1. The Hall–Kier alpha value is -2.27. The van der Waals surface area contributed by atoms with E-state index in [1.807, 2.05) is 32.9 Å². The number of nitrogens with one attached hydrogen (secondary N) is 2. The minimum Gasteiger partial charge on any atom is -0.369 e. The second-order valence-corrected chi connectivity index (χ2v) is 8.93. The Balaban J connectivity index is 1.86. The van der Waals surface area contributed by atoms with Crippen LogP contribution < -0.4 is 15.8 Å². The maximum absolute atomic E-state index is 13.1. The van der Waals surface area contributed by atoms with Crippen LogP contribution in [0.3, 0.4) is 0 Å². The van der Waals surface area contributed by atoms with Gasteiger partial charge >= 0.3 is 0 Å². The third kappa shape index (κ3) is 5.32. The van der Waals surface area contributed by atoms with Crippen molar-refractivity contribution in [2.75, 3.05) is 11.4 Å². The lowest BCUT2D eigenvalue weighted by Crippen LogP contribution is -2.37. The first-order valence-electron chi connectivity index (χ1n) is 11.4. The van der Waals surface area contributed by atoms with E-state index in [-0.39, 0.29) is 18.0 Å². The second kappa shape index (κ2) is 10.4. The lowest BCUT2D eigenvalue weighted by Gasteiger charge is -2.36. The van der Waals surface area contributed by atoms with E-state index in [1.165, 1.54) is 32.1 Å². The number of aromatic nitrogens is 1. The van der Waals surface area contributed by atoms with Crippen LogP contribution in [-0.2, 0) is 13.0 Å². The number of nitrogens with zero attached hydrogens (tertiary/aromatic N) is 1. The molecule has 1 heterocycles. The second-order valence-electron chi connectivity index (χ2n) is 8.50. The maximum atomic E-state index is 13.1. The highest BCUT2D eigenvalue weighted by atomic mass is 35.5. The molecule has 0 bridgehead atoms. The molecular weight excluding hydrogens is 410 g/mol. The van der Waals surface area contributed by atoms with Gasteiger partial charge in [0, 0.05) is 46.7 Å². The number of carbonyl (C=O) groups excluding carboxylic acids is 1. The van der Waals surface area contributed by atoms with Crippen LogP contribution in [0, 0.1) is 13.8 Å². The lowest BCUT2D eigenvalue weighted by atomic mass is 9.93. The van der Waals surface area contributed by atoms with E-state index in [0.29, 0.717) is 22.2 Å². The summed E-state index contributed by atoms with van der Waals surface area (Å²) < 4.78 is 0. The molecule has 1 amide bonds. The van der Waals surface area contributed by atoms with Crippen LogP contribution in [-0.4, -0.2) is 23.5 Å². The molecule has 1 fully saturated rings. The van der Waals surface area contributed by atoms with E-state index in [2.05, 4.69) is 22.1 Å². The molecule has 6 heteroatoms. The summed E-state index contributed by atoms with van der Waals surface area (Å²) in [6.45, 7) is 9.10. The minimum absolute atomic E-state index is 0.143. The first-order chi connectivity index (χ1) is 14.8. The van der Waals surface area contributed by atoms with Crippen LogP contribution in [0.4, 0.5) is 5.69 Å². The zero-order valence-electron chi connectivity index (χ0n) is 19.1. The van der Waals surface area contributed by atoms with Crippen molar-refractivity contribution in [1.82, 2.24) is 10.3 Å². The van der Waals surface area contributed by atoms with Gasteiger partial charge in [0.2, 0.25) is 0 Å². The summed E-state index contributed by atoms with van der Waals surface area (Å²) >= 11 is 6.45. The largest absolute Gasteiger partial charge is 0.369 e. The average Bonchev–Trinajstić information content (AvgIpc) is 2.75. The van der Waals surface area contributed by atoms with Gasteiger partial charge in [-0.25, -0.2) is 0 Å². The monoisotopic (exact) mass is 443 g/mol. The number of carbonyl (C=O) groups is 1. The molecule has 0 spiro atoms. The van der Waals surface area contributed by atoms with Crippen molar-refractivity contribution < 1.29 is 4.79 Å². The predicted molar refractivity (Wildman–Crippen MR) is 128 cm³/mol. The summed E-state index contributed by atoms with van der Waals surface area (Å²) in [6.07, 6.45) is 6.89. The molecule has 168 valence electrons. The van der Waals surface area contributed by atoms with Crippen LogP contribution in [0.25, 0.3) is 0 Å². The summed E-state index contributed by atoms with van der Waals surface area (Å²) in [5.41, 5.74) is 4.79. The molecule has 1 aromatic heterocycles. The molecule has 0 saturated heterocycles. The summed E-state index contributed by atoms with van der Waals surface area (Å²) in [7, 11) is 0. The molecule has 0 aliphatic heterocycles. The number of aromatic amines is 1. The van der Waals surface area contributed by atoms with Crippen LogP contribution >= 0.6 is 11.6 Å². The van der Waals surface area contributed by atoms with E-state index in [0.717, 1.165) is 35.5 Å². The van der Waals surface area contributed by atoms with Gasteiger partial charge in [-0.15, -0.1) is 0 Å². The number of amides is 1. The normalized spacial score (nSPS) is 14.5. The highest BCUT2D eigenvalue weighted by Gasteiger charge is 2.24. The Labute approximate surface area is 190 Å². The number of hydrogen-bond acceptors (Lipinski definition) is 3. The number of anilines is 1. The molecule has 1 aliphatic carbocycles. The Morgan fingerprint density at radius 3 is 2.52 bits per heavy atom. The van der Waals surface area contributed by atoms with E-state index < -0.39 is 0 Å². The SMILES string of the molecule is CCc1cc(C)[nH]c(=O)c1CNC(=O)c1cc(Cl)cc(N(CC)C2CCCCC2)c1C. The fourth-order valence-corrected chi connectivity index (χ4v) is 4.99. The number of H-pyrrole nitrogens is 1. The van der Waals surface area contributed by atoms with Gasteiger partial charge in [0.15, 0.2) is 0 Å². The van der Waals surface area contributed by atoms with E-state index >= 15 is 0 Å². The number of aryl methyl sites for hydroxylation is 2. The number of benzene rings is 1. The molecule has 2 N–H and O–H groups in total. The van der Waals surface area contributed by atoms with Gasteiger partial charge in [-0.3, -0.25) is 9.59 Å². The Morgan fingerprint density at radius 1 is 1.16 bits per heavy atom. The Kier molecular flexibility index (Phi) is 7.82. The van der Waals surface area contributed by atoms with Crippen LogP contribution in [0.5, 0.6) is 0 Å². The zero-order chi connectivity index (χ0) is 22.5. The number of halogens is 1. The molecule has 0 atom stereocenters. The number of rotatable bonds is 7. The van der Waals surface area contributed by atoms with Crippen molar-refractivity contribution in [3.05, 3.63) is 61.5 Å². The molecule has 1 aromatic carbocycles. The summed E-state index contributed by atoms with van der Waals surface area (Å²) in [5, 5.41) is 3.50. The first kappa shape index (κ1) is 23.4. The van der Waals surface area contributed by atoms with Crippen LogP contribution in [0.15, 0.2) is 23.0 Å². The van der Waals surface area contributed by atoms with Gasteiger partial charge in [0.25, 0.3) is 11.5 Å². The minimum atomic E-state index is -0.206. The first-order valence-corrected chi connectivity index (χ1v) is 11.8. The highest BCUT2D eigenvalue weighted by molar-refractivity contribution is 6.31. The van der Waals surface area contributed by atoms with Gasteiger partial charge in [-0.05, 0) is 69.4 Å². The fraction of sp³-hybridized carbons (Fsp3) is 0.520. The standard InChI is InChI=1S/C25H34ClN3O2/c1-5-18-12-16(3)28-25(31)22(18)15-27-24(30)21-13-19(26)14-23(17(21)4)29(6-2)20-10-8-7-9-11-20/h12-14,20H,5-11,15H2,1-4H3,(H,27,30)(H,28,31). The van der Waals surface area contributed by atoms with Crippen molar-refractivity contribution >= 4 is 23.2 Å². The third-order valence-electron chi connectivity index (χ3n) is 6.43. The van der Waals surface area contributed by atoms with Crippen molar-refractivity contribution in [3.8, 4) is 0 Å². The molecule has 1 saturated carbocycles. The molecule has 1 aliphatic rings. The Bertz CT molecular complexity index is 993. The van der Waals surface area contributed by atoms with Gasteiger partial charge in [0.1, 0.15) is 0 Å². The van der Waals surface area contributed by atoms with E-state index in [4.69, 9.17) is 11.6 Å². The summed E-state index contributed by atoms with van der Waals surface area (Å²) in [5.74, 6) is -0.206. The van der Waals surface area contributed by atoms with Crippen molar-refractivity contribution in [3.63, 3.8) is 0 Å².